The molecule has 1 aromatic carbocycles. The summed E-state index contributed by atoms with van der Waals surface area (Å²) in [5.41, 5.74) is -1.18. The van der Waals surface area contributed by atoms with Crippen molar-refractivity contribution in [1.82, 2.24) is 5.32 Å². The summed E-state index contributed by atoms with van der Waals surface area (Å²) in [6.07, 6.45) is 1.48. The third-order valence-corrected chi connectivity index (χ3v) is 3.21. The summed E-state index contributed by atoms with van der Waals surface area (Å²) in [6.45, 7) is 2.43. The fourth-order valence-electron chi connectivity index (χ4n) is 2.33. The van der Waals surface area contributed by atoms with E-state index in [0.717, 1.165) is 18.6 Å². The molecule has 5 heteroatoms. The quantitative estimate of drug-likeness (QED) is 0.835. The van der Waals surface area contributed by atoms with Gasteiger partial charge < -0.3 is 10.4 Å². The molecule has 1 atom stereocenters. The van der Waals surface area contributed by atoms with Crippen LogP contribution in [0.1, 0.15) is 35.7 Å². The van der Waals surface area contributed by atoms with E-state index in [1.807, 2.05) is 0 Å². The lowest BCUT2D eigenvalue weighted by Crippen LogP contribution is -2.35. The number of carbonyl (C=O) groups is 1. The molecular formula is C12H13F2NO2. The maximum Gasteiger partial charge on any atom is 0.335 e. The highest BCUT2D eigenvalue weighted by atomic mass is 19.1. The molecule has 3 nitrogen and oxygen atoms in total. The first-order chi connectivity index (χ1) is 7.94. The molecule has 1 aliphatic heterocycles. The summed E-state index contributed by atoms with van der Waals surface area (Å²) < 4.78 is 27.7. The second-order valence-electron chi connectivity index (χ2n) is 4.48. The van der Waals surface area contributed by atoms with Crippen LogP contribution in [-0.4, -0.2) is 17.6 Å². The van der Waals surface area contributed by atoms with Crippen molar-refractivity contribution in [3.8, 4) is 0 Å². The van der Waals surface area contributed by atoms with E-state index in [1.165, 1.54) is 0 Å². The van der Waals surface area contributed by atoms with Gasteiger partial charge in [-0.05, 0) is 38.4 Å². The molecule has 2 N–H and O–H groups in total. The predicted octanol–water partition coefficient (Wildman–Crippen LogP) is 2.26. The molecule has 1 aliphatic rings. The van der Waals surface area contributed by atoms with E-state index in [1.54, 1.807) is 6.92 Å². The number of hydrogen-bond acceptors (Lipinski definition) is 2. The van der Waals surface area contributed by atoms with Crippen molar-refractivity contribution in [3.63, 3.8) is 0 Å². The lowest BCUT2D eigenvalue weighted by atomic mass is 9.89. The molecule has 0 spiro atoms. The first kappa shape index (κ1) is 12.0. The summed E-state index contributed by atoms with van der Waals surface area (Å²) in [5, 5.41) is 11.8. The van der Waals surface area contributed by atoms with Gasteiger partial charge in [0.05, 0.1) is 5.56 Å². The van der Waals surface area contributed by atoms with Crippen LogP contribution in [0.25, 0.3) is 0 Å². The van der Waals surface area contributed by atoms with E-state index in [0.29, 0.717) is 13.0 Å². The molecule has 0 saturated carbocycles. The minimum atomic E-state index is -1.33. The van der Waals surface area contributed by atoms with Gasteiger partial charge >= 0.3 is 5.97 Å². The van der Waals surface area contributed by atoms with Gasteiger partial charge in [0.25, 0.3) is 0 Å². The molecule has 1 heterocycles. The minimum absolute atomic E-state index is 0.0694. The molecule has 92 valence electrons. The molecular weight excluding hydrogens is 228 g/mol. The summed E-state index contributed by atoms with van der Waals surface area (Å²) in [6, 6.07) is 1.73. The Morgan fingerprint density at radius 2 is 2.00 bits per heavy atom. The molecule has 1 aromatic rings. The second-order valence-corrected chi connectivity index (χ2v) is 4.48. The van der Waals surface area contributed by atoms with Crippen LogP contribution in [0.4, 0.5) is 8.78 Å². The molecule has 2 rings (SSSR count). The zero-order chi connectivity index (χ0) is 12.6. The van der Waals surface area contributed by atoms with Gasteiger partial charge in [0.2, 0.25) is 0 Å². The first-order valence-corrected chi connectivity index (χ1v) is 5.42. The Hall–Kier alpha value is -1.49. The van der Waals surface area contributed by atoms with E-state index in [4.69, 9.17) is 5.11 Å². The number of halogens is 2. The summed E-state index contributed by atoms with van der Waals surface area (Å²) in [5.74, 6) is -2.95. The van der Waals surface area contributed by atoms with Crippen LogP contribution in [0.2, 0.25) is 0 Å². The van der Waals surface area contributed by atoms with Crippen molar-refractivity contribution in [2.24, 2.45) is 0 Å². The van der Waals surface area contributed by atoms with Crippen molar-refractivity contribution < 1.29 is 18.7 Å². The average Bonchev–Trinajstić information content (AvgIpc) is 2.64. The second kappa shape index (κ2) is 4.07. The van der Waals surface area contributed by atoms with Crippen LogP contribution in [0.15, 0.2) is 12.1 Å². The smallest absolute Gasteiger partial charge is 0.335 e. The standard InChI is InChI=1S/C12H13F2NO2/c1-12(3-2-4-15-12)10-8(13)5-7(11(16)17)6-9(10)14/h5-6,15H,2-4H2,1H3,(H,16,17). The monoisotopic (exact) mass is 241 g/mol. The van der Waals surface area contributed by atoms with Crippen molar-refractivity contribution in [2.45, 2.75) is 25.3 Å². The van der Waals surface area contributed by atoms with Gasteiger partial charge in [-0.1, -0.05) is 0 Å². The fraction of sp³-hybridized carbons (Fsp3) is 0.417. The molecule has 0 aliphatic carbocycles. The molecule has 1 fully saturated rings. The Bertz CT molecular complexity index is 445. The maximum atomic E-state index is 13.8. The predicted molar refractivity (Wildman–Crippen MR) is 57.9 cm³/mol. The van der Waals surface area contributed by atoms with E-state index < -0.39 is 23.1 Å². The van der Waals surface area contributed by atoms with E-state index in [9.17, 15) is 13.6 Å². The van der Waals surface area contributed by atoms with Gasteiger partial charge in [0.1, 0.15) is 11.6 Å². The number of carboxylic acids is 1. The Labute approximate surface area is 97.5 Å². The molecule has 0 bridgehead atoms. The number of hydrogen-bond donors (Lipinski definition) is 2. The summed E-state index contributed by atoms with van der Waals surface area (Å²) in [7, 11) is 0. The number of rotatable bonds is 2. The summed E-state index contributed by atoms with van der Waals surface area (Å²) in [4.78, 5) is 10.7. The average molecular weight is 241 g/mol. The van der Waals surface area contributed by atoms with Crippen LogP contribution in [-0.2, 0) is 5.54 Å². The highest BCUT2D eigenvalue weighted by Crippen LogP contribution is 2.34. The highest BCUT2D eigenvalue weighted by molar-refractivity contribution is 5.87. The van der Waals surface area contributed by atoms with Gasteiger partial charge in [-0.15, -0.1) is 0 Å². The zero-order valence-electron chi connectivity index (χ0n) is 9.39. The lowest BCUT2D eigenvalue weighted by molar-refractivity contribution is 0.0695. The van der Waals surface area contributed by atoms with Crippen LogP contribution < -0.4 is 5.32 Å². The Balaban J connectivity index is 2.52. The third-order valence-electron chi connectivity index (χ3n) is 3.21. The normalized spacial score (nSPS) is 23.9. The van der Waals surface area contributed by atoms with Gasteiger partial charge in [-0.25, -0.2) is 13.6 Å². The molecule has 0 aromatic heterocycles. The minimum Gasteiger partial charge on any atom is -0.478 e. The Morgan fingerprint density at radius 1 is 1.41 bits per heavy atom. The van der Waals surface area contributed by atoms with Gasteiger partial charge in [0, 0.05) is 11.1 Å². The first-order valence-electron chi connectivity index (χ1n) is 5.42. The Morgan fingerprint density at radius 3 is 2.41 bits per heavy atom. The van der Waals surface area contributed by atoms with Gasteiger partial charge in [-0.3, -0.25) is 0 Å². The molecule has 1 saturated heterocycles. The van der Waals surface area contributed by atoms with Crippen molar-refractivity contribution in [2.75, 3.05) is 6.54 Å². The van der Waals surface area contributed by atoms with Crippen molar-refractivity contribution in [1.29, 1.82) is 0 Å². The van der Waals surface area contributed by atoms with Crippen LogP contribution >= 0.6 is 0 Å². The topological polar surface area (TPSA) is 49.3 Å². The number of aromatic carboxylic acids is 1. The zero-order valence-corrected chi connectivity index (χ0v) is 9.39. The molecule has 1 unspecified atom stereocenters. The third kappa shape index (κ3) is 2.02. The molecule has 0 amide bonds. The lowest BCUT2D eigenvalue weighted by Gasteiger charge is -2.26. The molecule has 17 heavy (non-hydrogen) atoms. The van der Waals surface area contributed by atoms with Crippen LogP contribution in [0.5, 0.6) is 0 Å². The number of nitrogens with one attached hydrogen (secondary N) is 1. The SMILES string of the molecule is CC1(c2c(F)cc(C(=O)O)cc2F)CCCN1. The van der Waals surface area contributed by atoms with Crippen molar-refractivity contribution in [3.05, 3.63) is 34.9 Å². The van der Waals surface area contributed by atoms with E-state index in [-0.39, 0.29) is 11.1 Å². The number of carboxylic acid groups (broad SMARTS) is 1. The van der Waals surface area contributed by atoms with Crippen molar-refractivity contribution >= 4 is 5.97 Å². The highest BCUT2D eigenvalue weighted by Gasteiger charge is 2.35. The van der Waals surface area contributed by atoms with Crippen LogP contribution in [0, 0.1) is 11.6 Å². The maximum absolute atomic E-state index is 13.8. The van der Waals surface area contributed by atoms with Gasteiger partial charge in [-0.2, -0.15) is 0 Å². The number of benzene rings is 1. The largest absolute Gasteiger partial charge is 0.478 e. The fourth-order valence-corrected chi connectivity index (χ4v) is 2.33. The molecule has 0 radical (unpaired) electrons. The summed E-state index contributed by atoms with van der Waals surface area (Å²) >= 11 is 0. The van der Waals surface area contributed by atoms with Gasteiger partial charge in [0.15, 0.2) is 0 Å². The Kier molecular flexibility index (Phi) is 2.87. The van der Waals surface area contributed by atoms with Crippen LogP contribution in [0.3, 0.4) is 0 Å². The van der Waals surface area contributed by atoms with E-state index >= 15 is 0 Å². The van der Waals surface area contributed by atoms with E-state index in [2.05, 4.69) is 5.32 Å².